The van der Waals surface area contributed by atoms with Gasteiger partial charge >= 0.3 is 13.2 Å². The number of methoxy groups -OCH3 is 4. The highest BCUT2D eigenvalue weighted by Gasteiger charge is 2.24. The molecule has 18 heteroatoms. The number of nitrogens with zero attached hydrogens (tertiary/aromatic N) is 4. The summed E-state index contributed by atoms with van der Waals surface area (Å²) >= 11 is 2.53. The monoisotopic (exact) mass is 732 g/mol. The highest BCUT2D eigenvalue weighted by molar-refractivity contribution is 7.98. The van der Waals surface area contributed by atoms with Gasteiger partial charge in [-0.2, -0.15) is 17.6 Å². The van der Waals surface area contributed by atoms with Gasteiger partial charge in [-0.1, -0.05) is 23.5 Å². The van der Waals surface area contributed by atoms with Crippen LogP contribution in [0.5, 0.6) is 34.5 Å². The molecular formula is C32H28F4N6O6S2. The number of aromatic nitrogens is 6. The summed E-state index contributed by atoms with van der Waals surface area (Å²) < 4.78 is 86.3. The molecule has 0 amide bonds. The van der Waals surface area contributed by atoms with E-state index < -0.39 is 13.2 Å². The number of nitrogens with one attached hydrogen (secondary N) is 2. The van der Waals surface area contributed by atoms with Crippen LogP contribution in [0.15, 0.2) is 59.1 Å². The predicted octanol–water partition coefficient (Wildman–Crippen LogP) is 7.72. The molecule has 4 heterocycles. The molecule has 50 heavy (non-hydrogen) atoms. The van der Waals surface area contributed by atoms with Crippen LogP contribution in [0, 0.1) is 0 Å². The van der Waals surface area contributed by atoms with Gasteiger partial charge in [0.2, 0.25) is 0 Å². The lowest BCUT2D eigenvalue weighted by Crippen LogP contribution is -2.06. The molecule has 0 fully saturated rings. The van der Waals surface area contributed by atoms with Gasteiger partial charge in [-0.05, 0) is 18.2 Å². The Labute approximate surface area is 290 Å². The fraction of sp³-hybridized carbons (Fsp3) is 0.250. The van der Waals surface area contributed by atoms with Gasteiger partial charge in [0.15, 0.2) is 33.3 Å². The molecule has 2 N–H and O–H groups in total. The number of ether oxygens (including phenoxy) is 6. The number of fused-ring (bicyclic) bond motifs is 2. The molecule has 0 saturated heterocycles. The lowest BCUT2D eigenvalue weighted by Gasteiger charge is -2.15. The minimum Gasteiger partial charge on any atom is -0.493 e. The number of hydrogen-bond acceptors (Lipinski definition) is 12. The minimum absolute atomic E-state index is 0.00894. The quantitative estimate of drug-likeness (QED) is 0.0790. The van der Waals surface area contributed by atoms with Gasteiger partial charge in [-0.3, -0.25) is 9.97 Å². The Morgan fingerprint density at radius 2 is 1.20 bits per heavy atom. The molecule has 6 aromatic rings. The first-order valence-electron chi connectivity index (χ1n) is 14.6. The molecule has 0 unspecified atom stereocenters. The van der Waals surface area contributed by atoms with Crippen molar-refractivity contribution in [1.29, 1.82) is 0 Å². The van der Waals surface area contributed by atoms with E-state index in [1.165, 1.54) is 76.2 Å². The molecule has 0 spiro atoms. The standard InChI is InChI=1S/C32H28F4N6O6S2/c1-43-22-7-9-37-19(27(22)45-3)13-49-31-40-17-11-15(24(48-30(35)36)12-18(17)41-31)25-21(47-29(33)34)6-5-16-26(25)42-32(39-16)50-14-20-28(46-4)23(44-2)8-10-38-20/h5-12,29-30H,13-14H2,1-4H3,(H,39,42)(H,40,41). The van der Waals surface area contributed by atoms with Crippen LogP contribution in [0.4, 0.5) is 17.6 Å². The average molecular weight is 733 g/mol. The number of aromatic amines is 2. The number of alkyl halides is 4. The first kappa shape index (κ1) is 34.8. The van der Waals surface area contributed by atoms with Gasteiger partial charge in [-0.15, -0.1) is 0 Å². The van der Waals surface area contributed by atoms with Crippen molar-refractivity contribution in [2.24, 2.45) is 0 Å². The number of imidazole rings is 2. The van der Waals surface area contributed by atoms with E-state index in [2.05, 4.69) is 29.9 Å². The van der Waals surface area contributed by atoms with E-state index >= 15 is 0 Å². The summed E-state index contributed by atoms with van der Waals surface area (Å²) in [6.07, 6.45) is 3.16. The summed E-state index contributed by atoms with van der Waals surface area (Å²) in [4.78, 5) is 24.2. The highest BCUT2D eigenvalue weighted by atomic mass is 32.2. The van der Waals surface area contributed by atoms with Crippen LogP contribution >= 0.6 is 23.5 Å². The van der Waals surface area contributed by atoms with Crippen LogP contribution in [-0.4, -0.2) is 71.6 Å². The van der Waals surface area contributed by atoms with Gasteiger partial charge in [-0.25, -0.2) is 9.97 Å². The molecule has 262 valence electrons. The number of H-pyrrole nitrogens is 2. The Morgan fingerprint density at radius 3 is 1.76 bits per heavy atom. The third-order valence-electron chi connectivity index (χ3n) is 7.28. The molecule has 0 atom stereocenters. The number of hydrogen-bond donors (Lipinski definition) is 2. The molecule has 0 saturated carbocycles. The second-order valence-electron chi connectivity index (χ2n) is 10.1. The maximum absolute atomic E-state index is 13.8. The third-order valence-corrected chi connectivity index (χ3v) is 9.05. The summed E-state index contributed by atoms with van der Waals surface area (Å²) in [6, 6.07) is 8.93. The van der Waals surface area contributed by atoms with Crippen molar-refractivity contribution in [3.63, 3.8) is 0 Å². The first-order chi connectivity index (χ1) is 24.2. The van der Waals surface area contributed by atoms with Crippen molar-refractivity contribution in [1.82, 2.24) is 29.9 Å². The van der Waals surface area contributed by atoms with E-state index in [1.54, 1.807) is 24.5 Å². The van der Waals surface area contributed by atoms with E-state index in [9.17, 15) is 17.6 Å². The molecule has 0 aliphatic rings. The SMILES string of the molecule is COc1ccnc(CSc2nc3cc(OC(F)F)c(-c4c(OC(F)F)ccc5[nH]c(SCc6nccc(OC)c6OC)nc45)cc3[nH]2)c1OC. The summed E-state index contributed by atoms with van der Waals surface area (Å²) in [5, 5.41) is 0.815. The number of benzene rings is 2. The zero-order valence-corrected chi connectivity index (χ0v) is 28.4. The molecule has 0 bridgehead atoms. The van der Waals surface area contributed by atoms with E-state index in [0.717, 1.165) is 0 Å². The second kappa shape index (κ2) is 15.2. The highest BCUT2D eigenvalue weighted by Crippen LogP contribution is 2.45. The number of rotatable bonds is 15. The molecule has 4 aromatic heterocycles. The van der Waals surface area contributed by atoms with Crippen LogP contribution in [0.1, 0.15) is 11.4 Å². The maximum atomic E-state index is 13.8. The molecular weight excluding hydrogens is 705 g/mol. The number of thioether (sulfide) groups is 2. The molecule has 6 rings (SSSR count). The van der Waals surface area contributed by atoms with Gasteiger partial charge in [0.1, 0.15) is 17.0 Å². The second-order valence-corrected chi connectivity index (χ2v) is 12.0. The normalized spacial score (nSPS) is 11.5. The zero-order chi connectivity index (χ0) is 35.4. The lowest BCUT2D eigenvalue weighted by atomic mass is 10.0. The van der Waals surface area contributed by atoms with Crippen LogP contribution in [0.3, 0.4) is 0 Å². The van der Waals surface area contributed by atoms with Crippen molar-refractivity contribution in [2.45, 2.75) is 35.0 Å². The predicted molar refractivity (Wildman–Crippen MR) is 178 cm³/mol. The summed E-state index contributed by atoms with van der Waals surface area (Å²) in [5.41, 5.74) is 2.51. The van der Waals surface area contributed by atoms with E-state index in [4.69, 9.17) is 28.4 Å². The van der Waals surface area contributed by atoms with Gasteiger partial charge in [0, 0.05) is 47.7 Å². The molecule has 0 radical (unpaired) electrons. The summed E-state index contributed by atoms with van der Waals surface area (Å²) in [5.74, 6) is 1.92. The fourth-order valence-electron chi connectivity index (χ4n) is 5.21. The van der Waals surface area contributed by atoms with Crippen molar-refractivity contribution in [3.8, 4) is 45.6 Å². The Balaban J connectivity index is 1.40. The number of pyridine rings is 2. The maximum Gasteiger partial charge on any atom is 0.387 e. The van der Waals surface area contributed by atoms with E-state index in [1.807, 2.05) is 0 Å². The molecule has 2 aromatic carbocycles. The zero-order valence-electron chi connectivity index (χ0n) is 26.8. The van der Waals surface area contributed by atoms with Crippen molar-refractivity contribution >= 4 is 45.6 Å². The first-order valence-corrected chi connectivity index (χ1v) is 16.5. The largest absolute Gasteiger partial charge is 0.493 e. The van der Waals surface area contributed by atoms with Crippen LogP contribution in [-0.2, 0) is 11.5 Å². The van der Waals surface area contributed by atoms with Crippen LogP contribution < -0.4 is 28.4 Å². The van der Waals surface area contributed by atoms with Crippen LogP contribution in [0.2, 0.25) is 0 Å². The Hall–Kier alpha value is -5.10. The minimum atomic E-state index is -3.24. The van der Waals surface area contributed by atoms with E-state index in [0.29, 0.717) is 72.8 Å². The number of halogens is 4. The van der Waals surface area contributed by atoms with E-state index in [-0.39, 0.29) is 28.1 Å². The molecule has 0 aliphatic carbocycles. The van der Waals surface area contributed by atoms with Gasteiger partial charge < -0.3 is 38.4 Å². The topological polar surface area (TPSA) is 139 Å². The Bertz CT molecular complexity index is 2130. The Morgan fingerprint density at radius 1 is 0.640 bits per heavy atom. The van der Waals surface area contributed by atoms with Crippen LogP contribution in [0.25, 0.3) is 33.2 Å². The molecule has 0 aliphatic heterocycles. The third kappa shape index (κ3) is 7.25. The Kier molecular flexibility index (Phi) is 10.6. The van der Waals surface area contributed by atoms with Gasteiger partial charge in [0.25, 0.3) is 0 Å². The van der Waals surface area contributed by atoms with Crippen molar-refractivity contribution < 1.29 is 46.0 Å². The van der Waals surface area contributed by atoms with Gasteiger partial charge in [0.05, 0.1) is 61.9 Å². The smallest absolute Gasteiger partial charge is 0.387 e. The van der Waals surface area contributed by atoms with Crippen molar-refractivity contribution in [2.75, 3.05) is 28.4 Å². The fourth-order valence-corrected chi connectivity index (χ4v) is 6.85. The summed E-state index contributed by atoms with van der Waals surface area (Å²) in [7, 11) is 6.03. The lowest BCUT2D eigenvalue weighted by molar-refractivity contribution is -0.0512. The summed E-state index contributed by atoms with van der Waals surface area (Å²) in [6.45, 7) is -6.45. The average Bonchev–Trinajstić information content (AvgIpc) is 3.71. The molecule has 12 nitrogen and oxygen atoms in total. The van der Waals surface area contributed by atoms with Crippen molar-refractivity contribution in [3.05, 3.63) is 60.2 Å².